The zero-order valence-electron chi connectivity index (χ0n) is 22.1. The largest absolute Gasteiger partial charge is 0.356 e. The van der Waals surface area contributed by atoms with E-state index in [1.807, 2.05) is 52.0 Å². The lowest BCUT2D eigenvalue weighted by Crippen LogP contribution is -2.54. The Hall–Kier alpha value is -2.52. The van der Waals surface area contributed by atoms with Crippen molar-refractivity contribution in [2.75, 3.05) is 54.9 Å². The predicted octanol–water partition coefficient (Wildman–Crippen LogP) is 2.03. The molecule has 2 aliphatic rings. The van der Waals surface area contributed by atoms with E-state index in [2.05, 4.69) is 34.3 Å². The van der Waals surface area contributed by atoms with Crippen molar-refractivity contribution < 1.29 is 0 Å². The molecule has 0 amide bonds. The quantitative estimate of drug-likeness (QED) is 0.483. The van der Waals surface area contributed by atoms with Crippen LogP contribution in [0.3, 0.4) is 0 Å². The summed E-state index contributed by atoms with van der Waals surface area (Å²) in [7, 11) is 10.1. The Kier molecular flexibility index (Phi) is 10.7. The number of hydrogen-bond donors (Lipinski definition) is 2. The smallest absolute Gasteiger partial charge is 0.205 e. The van der Waals surface area contributed by atoms with Gasteiger partial charge in [-0.1, -0.05) is 33.1 Å². The Morgan fingerprint density at radius 2 is 1.42 bits per heavy atom. The summed E-state index contributed by atoms with van der Waals surface area (Å²) in [6.45, 7) is 8.99. The molecule has 10 nitrogen and oxygen atoms in total. The minimum atomic E-state index is -0.160. The van der Waals surface area contributed by atoms with E-state index in [0.717, 1.165) is 69.2 Å². The summed E-state index contributed by atoms with van der Waals surface area (Å²) < 4.78 is 0. The van der Waals surface area contributed by atoms with Gasteiger partial charge in [-0.25, -0.2) is 20.0 Å². The Balaban J connectivity index is 2.16. The average Bonchev–Trinajstić information content (AvgIpc) is 2.77. The average molecular weight is 463 g/mol. The Morgan fingerprint density at radius 3 is 2.06 bits per heavy atom. The highest BCUT2D eigenvalue weighted by atomic mass is 15.5. The molecule has 10 heteroatoms. The first-order chi connectivity index (χ1) is 15.8. The second kappa shape index (κ2) is 13.3. The summed E-state index contributed by atoms with van der Waals surface area (Å²) in [5, 5.41) is 7.05. The predicted molar refractivity (Wildman–Crippen MR) is 140 cm³/mol. The highest BCUT2D eigenvalue weighted by Gasteiger charge is 2.28. The number of unbranched alkanes of at least 4 members (excludes halogenated alkanes) is 3. The molecule has 0 spiro atoms. The van der Waals surface area contributed by atoms with Gasteiger partial charge in [-0.3, -0.25) is 9.80 Å². The first-order valence-electron chi connectivity index (χ1n) is 12.4. The second-order valence-electron chi connectivity index (χ2n) is 9.08. The van der Waals surface area contributed by atoms with E-state index in [-0.39, 0.29) is 12.3 Å². The number of nitrogens with one attached hydrogen (secondary N) is 2. The van der Waals surface area contributed by atoms with Crippen LogP contribution < -0.4 is 10.6 Å². The molecule has 0 aromatic heterocycles. The molecule has 0 saturated heterocycles. The monoisotopic (exact) mass is 462 g/mol. The van der Waals surface area contributed by atoms with Crippen LogP contribution in [-0.4, -0.2) is 111 Å². The van der Waals surface area contributed by atoms with E-state index >= 15 is 0 Å². The van der Waals surface area contributed by atoms with Gasteiger partial charge in [0, 0.05) is 61.3 Å². The maximum Gasteiger partial charge on any atom is 0.205 e. The fraction of sp³-hybridized carbons (Fsp3) is 0.826. The molecule has 0 aromatic carbocycles. The Bertz CT molecular complexity index is 725. The molecule has 2 atom stereocenters. The van der Waals surface area contributed by atoms with Gasteiger partial charge in [0.1, 0.15) is 12.3 Å². The topological polar surface area (TPSA) is 86.5 Å². The highest BCUT2D eigenvalue weighted by Crippen LogP contribution is 2.15. The van der Waals surface area contributed by atoms with E-state index in [1.165, 1.54) is 12.8 Å². The van der Waals surface area contributed by atoms with E-state index in [1.54, 1.807) is 0 Å². The van der Waals surface area contributed by atoms with Gasteiger partial charge in [-0.15, -0.1) is 0 Å². The van der Waals surface area contributed by atoms with Crippen LogP contribution in [0.4, 0.5) is 0 Å². The second-order valence-corrected chi connectivity index (χ2v) is 9.08. The number of guanidine groups is 4. The molecule has 2 N–H and O–H groups in total. The number of nitrogens with zero attached hydrogens (tertiary/aromatic N) is 8. The Labute approximate surface area is 200 Å². The highest BCUT2D eigenvalue weighted by molar-refractivity contribution is 6.00. The van der Waals surface area contributed by atoms with Crippen molar-refractivity contribution in [1.29, 1.82) is 0 Å². The van der Waals surface area contributed by atoms with Crippen LogP contribution in [0.15, 0.2) is 20.0 Å². The van der Waals surface area contributed by atoms with Crippen molar-refractivity contribution in [2.24, 2.45) is 20.0 Å². The van der Waals surface area contributed by atoms with Gasteiger partial charge in [0.15, 0.2) is 0 Å². The van der Waals surface area contributed by atoms with Crippen molar-refractivity contribution in [3.63, 3.8) is 0 Å². The van der Waals surface area contributed by atoms with Crippen molar-refractivity contribution in [2.45, 2.75) is 71.6 Å². The van der Waals surface area contributed by atoms with Gasteiger partial charge in [-0.05, 0) is 19.8 Å². The summed E-state index contributed by atoms with van der Waals surface area (Å²) in [6.07, 6.45) is 6.32. The first-order valence-corrected chi connectivity index (χ1v) is 12.4. The number of aliphatic imine (C=N–C) groups is 4. The van der Waals surface area contributed by atoms with Crippen molar-refractivity contribution in [3.8, 4) is 0 Å². The fourth-order valence-electron chi connectivity index (χ4n) is 3.79. The lowest BCUT2D eigenvalue weighted by atomic mass is 10.2. The summed E-state index contributed by atoms with van der Waals surface area (Å²) in [4.78, 5) is 27.7. The molecule has 33 heavy (non-hydrogen) atoms. The molecule has 0 aliphatic carbocycles. The van der Waals surface area contributed by atoms with Gasteiger partial charge < -0.3 is 20.4 Å². The van der Waals surface area contributed by atoms with Crippen LogP contribution in [-0.2, 0) is 0 Å². The van der Waals surface area contributed by atoms with Gasteiger partial charge in [0.25, 0.3) is 0 Å². The first kappa shape index (κ1) is 26.7. The van der Waals surface area contributed by atoms with E-state index in [4.69, 9.17) is 20.0 Å². The molecule has 188 valence electrons. The third-order valence-corrected chi connectivity index (χ3v) is 5.55. The molecule has 0 aromatic rings. The molecular formula is C23H46N10. The van der Waals surface area contributed by atoms with Crippen LogP contribution in [0, 0.1) is 0 Å². The van der Waals surface area contributed by atoms with Crippen LogP contribution in [0.5, 0.6) is 0 Å². The third-order valence-electron chi connectivity index (χ3n) is 5.55. The number of rotatable bonds is 10. The van der Waals surface area contributed by atoms with Crippen molar-refractivity contribution in [1.82, 2.24) is 30.2 Å². The zero-order chi connectivity index (χ0) is 24.4. The van der Waals surface area contributed by atoms with Gasteiger partial charge in [0.05, 0.1) is 0 Å². The van der Waals surface area contributed by atoms with E-state index in [9.17, 15) is 0 Å². The summed E-state index contributed by atoms with van der Waals surface area (Å²) >= 11 is 0. The molecular weight excluding hydrogens is 416 g/mol. The summed E-state index contributed by atoms with van der Waals surface area (Å²) in [6, 6.07) is 0. The van der Waals surface area contributed by atoms with E-state index in [0.29, 0.717) is 0 Å². The van der Waals surface area contributed by atoms with Crippen LogP contribution in [0.1, 0.15) is 59.3 Å². The van der Waals surface area contributed by atoms with Crippen molar-refractivity contribution >= 4 is 23.8 Å². The molecule has 2 aliphatic heterocycles. The molecule has 0 fully saturated rings. The summed E-state index contributed by atoms with van der Waals surface area (Å²) in [5.74, 6) is 3.61. The summed E-state index contributed by atoms with van der Waals surface area (Å²) in [5.41, 5.74) is 0. The molecule has 2 unspecified atom stereocenters. The molecule has 0 radical (unpaired) electrons. The van der Waals surface area contributed by atoms with E-state index < -0.39 is 0 Å². The maximum absolute atomic E-state index is 4.94. The zero-order valence-corrected chi connectivity index (χ0v) is 22.1. The molecule has 0 saturated carbocycles. The molecule has 0 bridgehead atoms. The van der Waals surface area contributed by atoms with Crippen LogP contribution >= 0.6 is 0 Å². The van der Waals surface area contributed by atoms with Gasteiger partial charge >= 0.3 is 0 Å². The van der Waals surface area contributed by atoms with Crippen LogP contribution in [0.2, 0.25) is 0 Å². The molecule has 2 rings (SSSR count). The van der Waals surface area contributed by atoms with Gasteiger partial charge in [0.2, 0.25) is 23.8 Å². The minimum Gasteiger partial charge on any atom is -0.356 e. The maximum atomic E-state index is 4.94. The SMILES string of the molecule is CCCCCNC1=NC(CCN2C(NCCCC)=NC(C)N=C2N(C)C)N=C(N(C)C)N1C. The Morgan fingerprint density at radius 1 is 0.788 bits per heavy atom. The number of hydrogen-bond acceptors (Lipinski definition) is 10. The van der Waals surface area contributed by atoms with Crippen LogP contribution in [0.25, 0.3) is 0 Å². The normalized spacial score (nSPS) is 20.6. The minimum absolute atomic E-state index is 0.0959. The van der Waals surface area contributed by atoms with Gasteiger partial charge in [-0.2, -0.15) is 0 Å². The standard InChI is InChI=1S/C23H46N10/c1-9-11-13-16-24-20-28-19(29-22(30(4)5)32(20)8)14-17-33-21(25-15-12-10-2)26-18(3)27-23(33)31(6)7/h18-19H,9-17H2,1-8H3,(H,24,28)(H,25,26). The lowest BCUT2D eigenvalue weighted by Gasteiger charge is -2.36. The van der Waals surface area contributed by atoms with Crippen molar-refractivity contribution in [3.05, 3.63) is 0 Å². The fourth-order valence-corrected chi connectivity index (χ4v) is 3.79. The third kappa shape index (κ3) is 7.78. The molecule has 2 heterocycles. The lowest BCUT2D eigenvalue weighted by molar-refractivity contribution is 0.415.